The molecule has 2 aromatic rings. The maximum Gasteiger partial charge on any atom is 0.434 e. The Morgan fingerprint density at radius 2 is 2.00 bits per heavy atom. The van der Waals surface area contributed by atoms with E-state index in [2.05, 4.69) is 10.3 Å². The van der Waals surface area contributed by atoms with Crippen LogP contribution >= 0.6 is 0 Å². The smallest absolute Gasteiger partial charge is 0.434 e. The number of methoxy groups -OCH3 is 1. The summed E-state index contributed by atoms with van der Waals surface area (Å²) in [4.78, 5) is 29.4. The van der Waals surface area contributed by atoms with Gasteiger partial charge in [-0.05, 0) is 29.2 Å². The van der Waals surface area contributed by atoms with Crippen molar-refractivity contribution in [1.82, 2.24) is 14.5 Å². The number of imidazole rings is 1. The van der Waals surface area contributed by atoms with Crippen LogP contribution in [-0.2, 0) is 16.6 Å². The van der Waals surface area contributed by atoms with E-state index in [-0.39, 0.29) is 11.9 Å². The molecule has 1 aliphatic rings. The third-order valence-electron chi connectivity index (χ3n) is 4.46. The van der Waals surface area contributed by atoms with E-state index < -0.39 is 11.0 Å². The number of carbonyl (C=O) groups excluding carboxylic acids is 1. The molecule has 1 fully saturated rings. The molecule has 144 valence electrons. The Morgan fingerprint density at radius 1 is 1.33 bits per heavy atom. The van der Waals surface area contributed by atoms with Crippen LogP contribution in [0, 0.1) is 10.1 Å². The highest BCUT2D eigenvalue weighted by Crippen LogP contribution is 2.26. The molecule has 0 spiro atoms. The molecule has 1 amide bonds. The number of benzene rings is 1. The summed E-state index contributed by atoms with van der Waals surface area (Å²) in [7, 11) is 3.10. The first-order valence-corrected chi connectivity index (χ1v) is 8.44. The summed E-state index contributed by atoms with van der Waals surface area (Å²) in [5.74, 6) is 0.0838. The highest BCUT2D eigenvalue weighted by molar-refractivity contribution is 5.95. The molecule has 1 saturated heterocycles. The van der Waals surface area contributed by atoms with Crippen molar-refractivity contribution in [3.63, 3.8) is 0 Å². The molecule has 1 aliphatic heterocycles. The van der Waals surface area contributed by atoms with E-state index in [4.69, 9.17) is 9.47 Å². The van der Waals surface area contributed by atoms with Crippen molar-refractivity contribution >= 4 is 17.5 Å². The number of morpholine rings is 1. The van der Waals surface area contributed by atoms with Crippen LogP contribution in [0.3, 0.4) is 0 Å². The normalized spacial score (nSPS) is 15.9. The Labute approximate surface area is 155 Å². The minimum absolute atomic E-state index is 0.292. The molecule has 1 aromatic heterocycles. The second-order valence-electron chi connectivity index (χ2n) is 6.07. The van der Waals surface area contributed by atoms with Crippen LogP contribution in [0.1, 0.15) is 11.7 Å². The van der Waals surface area contributed by atoms with Gasteiger partial charge >= 0.3 is 5.95 Å². The maximum absolute atomic E-state index is 13.1. The number of nitro groups is 1. The van der Waals surface area contributed by atoms with Gasteiger partial charge in [-0.15, -0.1) is 0 Å². The molecule has 0 aliphatic carbocycles. The maximum atomic E-state index is 13.1. The van der Waals surface area contributed by atoms with E-state index >= 15 is 0 Å². The minimum atomic E-state index is -0.720. The number of amides is 1. The van der Waals surface area contributed by atoms with Crippen molar-refractivity contribution in [2.45, 2.75) is 6.04 Å². The van der Waals surface area contributed by atoms with E-state index in [0.29, 0.717) is 43.4 Å². The summed E-state index contributed by atoms with van der Waals surface area (Å²) in [6.45, 7) is 2.07. The van der Waals surface area contributed by atoms with E-state index in [1.807, 2.05) is 4.90 Å². The van der Waals surface area contributed by atoms with Gasteiger partial charge in [-0.1, -0.05) is 4.98 Å². The van der Waals surface area contributed by atoms with Crippen molar-refractivity contribution in [1.29, 1.82) is 0 Å². The summed E-state index contributed by atoms with van der Waals surface area (Å²) in [6.07, 6.45) is 1.38. The number of hydrogen-bond donors (Lipinski definition) is 1. The second kappa shape index (κ2) is 8.14. The number of hydrogen-bond acceptors (Lipinski definition) is 7. The molecular weight excluding hydrogens is 354 g/mol. The molecule has 0 saturated carbocycles. The summed E-state index contributed by atoms with van der Waals surface area (Å²) < 4.78 is 11.8. The third kappa shape index (κ3) is 4.07. The van der Waals surface area contributed by atoms with E-state index in [0.717, 1.165) is 0 Å². The highest BCUT2D eigenvalue weighted by Gasteiger charge is 2.35. The van der Waals surface area contributed by atoms with Crippen LogP contribution in [0.4, 0.5) is 11.6 Å². The topological polar surface area (TPSA) is 112 Å². The molecule has 0 bridgehead atoms. The molecule has 1 aromatic carbocycles. The monoisotopic (exact) mass is 375 g/mol. The van der Waals surface area contributed by atoms with Gasteiger partial charge in [0.05, 0.1) is 27.4 Å². The number of ether oxygens (including phenoxy) is 2. The van der Waals surface area contributed by atoms with E-state index in [9.17, 15) is 14.9 Å². The summed E-state index contributed by atoms with van der Waals surface area (Å²) in [5, 5.41) is 14.0. The first-order valence-electron chi connectivity index (χ1n) is 8.44. The zero-order valence-corrected chi connectivity index (χ0v) is 15.1. The van der Waals surface area contributed by atoms with Crippen molar-refractivity contribution in [3.8, 4) is 5.75 Å². The predicted octanol–water partition coefficient (Wildman–Crippen LogP) is 1.35. The lowest BCUT2D eigenvalue weighted by Crippen LogP contribution is -2.44. The zero-order chi connectivity index (χ0) is 19.4. The molecular formula is C17H21N5O5. The van der Waals surface area contributed by atoms with Crippen molar-refractivity contribution in [2.24, 2.45) is 7.05 Å². The molecule has 0 radical (unpaired) electrons. The van der Waals surface area contributed by atoms with Crippen LogP contribution < -0.4 is 10.1 Å². The SMILES string of the molecule is COc1ccc(NC(=O)C(c2cnc([N+](=O)[O-])n2C)N2CCOCC2)cc1. The Kier molecular flexibility index (Phi) is 5.67. The fourth-order valence-electron chi connectivity index (χ4n) is 3.04. The van der Waals surface area contributed by atoms with Crippen LogP contribution in [0.15, 0.2) is 30.5 Å². The average Bonchev–Trinajstić information content (AvgIpc) is 3.05. The standard InChI is InChI=1S/C17H21N5O5/c1-20-14(11-18-17(20)22(24)25)15(21-7-9-27-10-8-21)16(23)19-12-3-5-13(26-2)6-4-12/h3-6,11,15H,7-10H2,1-2H3,(H,19,23). The number of nitrogens with one attached hydrogen (secondary N) is 1. The van der Waals surface area contributed by atoms with Gasteiger partial charge in [-0.3, -0.25) is 9.69 Å². The molecule has 3 rings (SSSR count). The molecule has 10 heteroatoms. The number of aromatic nitrogens is 2. The number of anilines is 1. The predicted molar refractivity (Wildman–Crippen MR) is 96.6 cm³/mol. The zero-order valence-electron chi connectivity index (χ0n) is 15.1. The van der Waals surface area contributed by atoms with Gasteiger partial charge < -0.3 is 24.9 Å². The minimum Gasteiger partial charge on any atom is -0.497 e. The molecule has 10 nitrogen and oxygen atoms in total. The van der Waals surface area contributed by atoms with Gasteiger partial charge in [-0.25, -0.2) is 4.57 Å². The lowest BCUT2D eigenvalue weighted by atomic mass is 10.1. The van der Waals surface area contributed by atoms with Crippen molar-refractivity contribution in [2.75, 3.05) is 38.7 Å². The summed E-state index contributed by atoms with van der Waals surface area (Å²) >= 11 is 0. The first kappa shape index (κ1) is 18.8. The fraction of sp³-hybridized carbons (Fsp3) is 0.412. The fourth-order valence-corrected chi connectivity index (χ4v) is 3.04. The summed E-state index contributed by atoms with van der Waals surface area (Å²) in [6, 6.07) is 6.24. The highest BCUT2D eigenvalue weighted by atomic mass is 16.6. The van der Waals surface area contributed by atoms with Gasteiger partial charge in [0.2, 0.25) is 5.91 Å². The van der Waals surface area contributed by atoms with Crippen molar-refractivity contribution < 1.29 is 19.2 Å². The number of carbonyl (C=O) groups is 1. The molecule has 1 atom stereocenters. The lowest BCUT2D eigenvalue weighted by molar-refractivity contribution is -0.396. The Morgan fingerprint density at radius 3 is 2.56 bits per heavy atom. The molecule has 1 unspecified atom stereocenters. The van der Waals surface area contributed by atoms with Gasteiger partial charge in [-0.2, -0.15) is 0 Å². The molecule has 1 N–H and O–H groups in total. The van der Waals surface area contributed by atoms with Gasteiger partial charge in [0, 0.05) is 18.8 Å². The number of nitrogens with zero attached hydrogens (tertiary/aromatic N) is 4. The quantitative estimate of drug-likeness (QED) is 0.599. The van der Waals surface area contributed by atoms with Crippen LogP contribution in [0.5, 0.6) is 5.75 Å². The largest absolute Gasteiger partial charge is 0.497 e. The third-order valence-corrected chi connectivity index (χ3v) is 4.46. The van der Waals surface area contributed by atoms with Crippen LogP contribution in [0.25, 0.3) is 0 Å². The second-order valence-corrected chi connectivity index (χ2v) is 6.07. The van der Waals surface area contributed by atoms with E-state index in [1.165, 1.54) is 17.8 Å². The van der Waals surface area contributed by atoms with Crippen molar-refractivity contribution in [3.05, 3.63) is 46.3 Å². The van der Waals surface area contributed by atoms with Crippen LogP contribution in [-0.4, -0.2) is 58.7 Å². The first-order chi connectivity index (χ1) is 13.0. The van der Waals surface area contributed by atoms with Gasteiger partial charge in [0.25, 0.3) is 0 Å². The Balaban J connectivity index is 1.89. The number of rotatable bonds is 6. The average molecular weight is 375 g/mol. The molecule has 27 heavy (non-hydrogen) atoms. The Bertz CT molecular complexity index is 814. The Hall–Kier alpha value is -2.98. The van der Waals surface area contributed by atoms with Crippen LogP contribution in [0.2, 0.25) is 0 Å². The van der Waals surface area contributed by atoms with Gasteiger partial charge in [0.15, 0.2) is 0 Å². The molecule has 2 heterocycles. The lowest BCUT2D eigenvalue weighted by Gasteiger charge is -2.32. The van der Waals surface area contributed by atoms with Gasteiger partial charge in [0.1, 0.15) is 23.7 Å². The summed E-state index contributed by atoms with van der Waals surface area (Å²) in [5.41, 5.74) is 1.06. The van der Waals surface area contributed by atoms with E-state index in [1.54, 1.807) is 31.4 Å².